The number of thiophene rings is 2. The second kappa shape index (κ2) is 8.36. The van der Waals surface area contributed by atoms with Crippen molar-refractivity contribution in [2.75, 3.05) is 11.3 Å². The van der Waals surface area contributed by atoms with Crippen LogP contribution in [0.15, 0.2) is 75.6 Å². The molecule has 0 radical (unpaired) electrons. The highest BCUT2D eigenvalue weighted by molar-refractivity contribution is 7.94. The van der Waals surface area contributed by atoms with Crippen LogP contribution in [0.25, 0.3) is 10.8 Å². The van der Waals surface area contributed by atoms with Crippen LogP contribution in [0.2, 0.25) is 0 Å². The molecule has 0 aliphatic carbocycles. The van der Waals surface area contributed by atoms with E-state index in [9.17, 15) is 13.2 Å². The van der Waals surface area contributed by atoms with E-state index in [-0.39, 0.29) is 15.8 Å². The summed E-state index contributed by atoms with van der Waals surface area (Å²) in [6.45, 7) is 0.475. The number of sulfonamides is 1. The summed E-state index contributed by atoms with van der Waals surface area (Å²) in [7, 11) is -3.76. The number of benzene rings is 2. The van der Waals surface area contributed by atoms with Crippen molar-refractivity contribution in [2.45, 2.75) is 10.6 Å². The maximum Gasteiger partial charge on any atom is 0.271 e. The number of nitrogens with one attached hydrogen (secondary N) is 2. The third kappa shape index (κ3) is 4.50. The Morgan fingerprint density at radius 2 is 1.62 bits per heavy atom. The second-order valence-corrected chi connectivity index (χ2v) is 10.3. The zero-order valence-electron chi connectivity index (χ0n) is 15.3. The second-order valence-electron chi connectivity index (χ2n) is 6.37. The quantitative estimate of drug-likeness (QED) is 0.434. The van der Waals surface area contributed by atoms with Crippen LogP contribution in [0.5, 0.6) is 0 Å². The number of hydrogen-bond acceptors (Lipinski definition) is 5. The van der Waals surface area contributed by atoms with Crippen LogP contribution >= 0.6 is 22.7 Å². The van der Waals surface area contributed by atoms with Crippen molar-refractivity contribution >= 4 is 55.1 Å². The van der Waals surface area contributed by atoms with Gasteiger partial charge in [0.05, 0.1) is 11.3 Å². The van der Waals surface area contributed by atoms with Crippen LogP contribution in [0.1, 0.15) is 15.2 Å². The Hall–Kier alpha value is -2.68. The van der Waals surface area contributed by atoms with E-state index in [4.69, 9.17) is 0 Å². The van der Waals surface area contributed by atoms with Gasteiger partial charge in [0.2, 0.25) is 0 Å². The summed E-state index contributed by atoms with van der Waals surface area (Å²) >= 11 is 2.77. The Kier molecular flexibility index (Phi) is 5.66. The molecule has 8 heteroatoms. The van der Waals surface area contributed by atoms with E-state index in [2.05, 4.69) is 10.0 Å². The summed E-state index contributed by atoms with van der Waals surface area (Å²) in [6, 6.07) is 18.2. The van der Waals surface area contributed by atoms with Crippen LogP contribution in [0.3, 0.4) is 0 Å². The van der Waals surface area contributed by atoms with Gasteiger partial charge in [-0.25, -0.2) is 8.42 Å². The molecule has 0 spiro atoms. The smallest absolute Gasteiger partial charge is 0.271 e. The lowest BCUT2D eigenvalue weighted by Gasteiger charge is -2.14. The minimum absolute atomic E-state index is 0.203. The first-order chi connectivity index (χ1) is 14.0. The number of rotatable bonds is 7. The van der Waals surface area contributed by atoms with Crippen molar-refractivity contribution in [1.82, 2.24) is 5.32 Å². The van der Waals surface area contributed by atoms with Crippen molar-refractivity contribution in [1.29, 1.82) is 0 Å². The third-order valence-corrected chi connectivity index (χ3v) is 8.07. The lowest BCUT2D eigenvalue weighted by molar-refractivity contribution is 0.0955. The molecular formula is C21H18N2O3S3. The molecule has 0 fully saturated rings. The molecule has 2 aromatic heterocycles. The average Bonchev–Trinajstić information content (AvgIpc) is 3.41. The molecule has 0 saturated carbocycles. The van der Waals surface area contributed by atoms with E-state index < -0.39 is 10.0 Å². The van der Waals surface area contributed by atoms with Crippen LogP contribution in [-0.2, 0) is 16.4 Å². The molecule has 0 unspecified atom stereocenters. The van der Waals surface area contributed by atoms with Gasteiger partial charge < -0.3 is 5.32 Å². The highest BCUT2D eigenvalue weighted by atomic mass is 32.2. The predicted octanol–water partition coefficient (Wildman–Crippen LogP) is 4.74. The van der Waals surface area contributed by atoms with E-state index in [1.54, 1.807) is 34.9 Å². The van der Waals surface area contributed by atoms with Gasteiger partial charge >= 0.3 is 0 Å². The molecule has 1 amide bonds. The fraction of sp³-hybridized carbons (Fsp3) is 0.0952. The topological polar surface area (TPSA) is 75.3 Å². The summed E-state index contributed by atoms with van der Waals surface area (Å²) in [5, 5.41) is 8.32. The molecule has 148 valence electrons. The lowest BCUT2D eigenvalue weighted by atomic mass is 10.0. The summed E-state index contributed by atoms with van der Waals surface area (Å²) in [4.78, 5) is 14.1. The molecule has 0 saturated heterocycles. The van der Waals surface area contributed by atoms with Crippen molar-refractivity contribution < 1.29 is 13.2 Å². The van der Waals surface area contributed by atoms with Crippen LogP contribution in [0.4, 0.5) is 5.69 Å². The van der Waals surface area contributed by atoms with Gasteiger partial charge in [-0.2, -0.15) is 0 Å². The fourth-order valence-corrected chi connectivity index (χ4v) is 5.75. The van der Waals surface area contributed by atoms with E-state index in [0.29, 0.717) is 12.1 Å². The molecule has 0 aliphatic heterocycles. The maximum atomic E-state index is 12.9. The third-order valence-electron chi connectivity index (χ3n) is 4.37. The number of anilines is 1. The van der Waals surface area contributed by atoms with Gasteiger partial charge in [-0.1, -0.05) is 36.4 Å². The van der Waals surface area contributed by atoms with Gasteiger partial charge in [-0.15, -0.1) is 22.7 Å². The van der Waals surface area contributed by atoms with Gasteiger partial charge in [0.25, 0.3) is 15.9 Å². The van der Waals surface area contributed by atoms with Crippen LogP contribution < -0.4 is 10.0 Å². The van der Waals surface area contributed by atoms with Crippen molar-refractivity contribution in [3.63, 3.8) is 0 Å². The normalized spacial score (nSPS) is 11.4. The van der Waals surface area contributed by atoms with E-state index in [1.807, 2.05) is 41.8 Å². The summed E-state index contributed by atoms with van der Waals surface area (Å²) in [5.41, 5.74) is 0.570. The molecule has 2 heterocycles. The summed E-state index contributed by atoms with van der Waals surface area (Å²) in [5.74, 6) is -0.309. The van der Waals surface area contributed by atoms with Crippen LogP contribution in [-0.4, -0.2) is 20.9 Å². The highest BCUT2D eigenvalue weighted by Gasteiger charge is 2.20. The first-order valence-corrected chi connectivity index (χ1v) is 12.2. The largest absolute Gasteiger partial charge is 0.352 e. The maximum absolute atomic E-state index is 12.9. The highest BCUT2D eigenvalue weighted by Crippen LogP contribution is 2.27. The van der Waals surface area contributed by atoms with E-state index in [0.717, 1.165) is 28.5 Å². The average molecular weight is 443 g/mol. The molecule has 29 heavy (non-hydrogen) atoms. The summed E-state index contributed by atoms with van der Waals surface area (Å²) in [6.07, 6.45) is 0.729. The zero-order valence-corrected chi connectivity index (χ0v) is 17.7. The molecule has 4 rings (SSSR count). The molecule has 0 bridgehead atoms. The van der Waals surface area contributed by atoms with Gasteiger partial charge in [-0.3, -0.25) is 9.52 Å². The summed E-state index contributed by atoms with van der Waals surface area (Å²) < 4.78 is 28.2. The molecule has 0 atom stereocenters. The Labute approximate surface area is 177 Å². The molecular weight excluding hydrogens is 424 g/mol. The van der Waals surface area contributed by atoms with E-state index >= 15 is 0 Å². The minimum atomic E-state index is -3.76. The minimum Gasteiger partial charge on any atom is -0.352 e. The number of carbonyl (C=O) groups is 1. The molecule has 5 nitrogen and oxygen atoms in total. The first-order valence-electron chi connectivity index (χ1n) is 8.93. The number of fused-ring (bicyclic) bond motifs is 1. The Bertz CT molecular complexity index is 1230. The SMILES string of the molecule is O=C(NCCc1cccs1)c1cc2ccccc2cc1NS(=O)(=O)c1cccs1. The standard InChI is InChI=1S/C21H18N2O3S3/c24-21(22-10-9-17-7-3-11-27-17)18-13-15-5-1-2-6-16(15)14-19(18)23-29(25,26)20-8-4-12-28-20/h1-8,11-14,23H,9-10H2,(H,22,24). The number of hydrogen-bond donors (Lipinski definition) is 2. The Morgan fingerprint density at radius 1 is 0.897 bits per heavy atom. The Balaban J connectivity index is 1.63. The number of carbonyl (C=O) groups excluding carboxylic acids is 1. The first kappa shape index (κ1) is 19.6. The van der Waals surface area contributed by atoms with E-state index in [1.165, 1.54) is 10.9 Å². The molecule has 2 N–H and O–H groups in total. The van der Waals surface area contributed by atoms with Gasteiger partial charge in [0.15, 0.2) is 0 Å². The van der Waals surface area contributed by atoms with Crippen molar-refractivity contribution in [3.05, 3.63) is 81.9 Å². The predicted molar refractivity (Wildman–Crippen MR) is 119 cm³/mol. The fourth-order valence-electron chi connectivity index (χ4n) is 2.97. The van der Waals surface area contributed by atoms with Gasteiger partial charge in [0.1, 0.15) is 4.21 Å². The van der Waals surface area contributed by atoms with Crippen molar-refractivity contribution in [3.8, 4) is 0 Å². The van der Waals surface area contributed by atoms with Crippen molar-refractivity contribution in [2.24, 2.45) is 0 Å². The molecule has 0 aliphatic rings. The molecule has 4 aromatic rings. The molecule has 2 aromatic carbocycles. The Morgan fingerprint density at radius 3 is 2.31 bits per heavy atom. The van der Waals surface area contributed by atoms with Gasteiger partial charge in [-0.05, 0) is 52.2 Å². The van der Waals surface area contributed by atoms with Crippen LogP contribution in [0, 0.1) is 0 Å². The lowest BCUT2D eigenvalue weighted by Crippen LogP contribution is -2.27. The monoisotopic (exact) mass is 442 g/mol. The van der Waals surface area contributed by atoms with Gasteiger partial charge in [0, 0.05) is 11.4 Å². The number of amides is 1. The zero-order chi connectivity index (χ0) is 20.3.